The van der Waals surface area contributed by atoms with Gasteiger partial charge in [0.05, 0.1) is 30.0 Å². The Kier molecular flexibility index (Phi) is 5.33. The largest absolute Gasteiger partial charge is 0.499 e. The van der Waals surface area contributed by atoms with Crippen LogP contribution in [0.25, 0.3) is 0 Å². The fourth-order valence-corrected chi connectivity index (χ4v) is 3.12. The van der Waals surface area contributed by atoms with E-state index < -0.39 is 24.3 Å². The summed E-state index contributed by atoms with van der Waals surface area (Å²) in [5, 5.41) is 0. The molecule has 7 heteroatoms. The molecule has 2 aliphatic heterocycles. The van der Waals surface area contributed by atoms with Gasteiger partial charge in [0, 0.05) is 12.1 Å². The number of carbonyl (C=O) groups is 1. The molecule has 1 atom stereocenters. The Labute approximate surface area is 155 Å². The first-order valence-electron chi connectivity index (χ1n) is 9.06. The third-order valence-electron chi connectivity index (χ3n) is 5.41. The summed E-state index contributed by atoms with van der Waals surface area (Å²) in [6.45, 7) is 9.08. The smallest absolute Gasteiger partial charge is 0.491 e. The van der Waals surface area contributed by atoms with E-state index in [1.54, 1.807) is 12.1 Å². The average Bonchev–Trinajstić information content (AvgIpc) is 3.17. The Morgan fingerprint density at radius 3 is 2.50 bits per heavy atom. The fourth-order valence-electron chi connectivity index (χ4n) is 3.12. The van der Waals surface area contributed by atoms with E-state index in [1.807, 2.05) is 33.8 Å². The molecule has 0 radical (unpaired) electrons. The van der Waals surface area contributed by atoms with Gasteiger partial charge >= 0.3 is 13.1 Å². The number of benzene rings is 1. The lowest BCUT2D eigenvalue weighted by Gasteiger charge is -2.32. The Morgan fingerprint density at radius 2 is 1.92 bits per heavy atom. The number of rotatable bonds is 5. The summed E-state index contributed by atoms with van der Waals surface area (Å²) >= 11 is 0. The lowest BCUT2D eigenvalue weighted by Crippen LogP contribution is -2.41. The van der Waals surface area contributed by atoms with E-state index in [4.69, 9.17) is 23.5 Å². The van der Waals surface area contributed by atoms with Crippen molar-refractivity contribution in [3.63, 3.8) is 0 Å². The average molecular weight is 362 g/mol. The second-order valence-electron chi connectivity index (χ2n) is 7.74. The first kappa shape index (κ1) is 19.2. The number of methoxy groups -OCH3 is 1. The molecule has 2 heterocycles. The molecule has 0 spiro atoms. The number of ether oxygens (including phenoxy) is 3. The van der Waals surface area contributed by atoms with Gasteiger partial charge in [0.15, 0.2) is 0 Å². The zero-order valence-electron chi connectivity index (χ0n) is 16.2. The minimum atomic E-state index is -0.713. The molecule has 1 aromatic carbocycles. The second-order valence-corrected chi connectivity index (χ2v) is 7.74. The molecule has 2 saturated heterocycles. The highest BCUT2D eigenvalue weighted by Gasteiger charge is 2.53. The standard InChI is InChI=1S/C19H27BO6/c1-18(2)19(3,4)26-20(25-18)16-14(17(21)22-5)9-6-10-15(16)24-12-13-8-7-11-23-13/h6,9-10,13H,7-8,11-12H2,1-5H3/t13-/m1/s1. The molecule has 2 fully saturated rings. The topological polar surface area (TPSA) is 63.2 Å². The van der Waals surface area contributed by atoms with Crippen molar-refractivity contribution in [3.05, 3.63) is 23.8 Å². The molecule has 0 aliphatic carbocycles. The van der Waals surface area contributed by atoms with Gasteiger partial charge in [-0.05, 0) is 52.7 Å². The number of esters is 1. The predicted molar refractivity (Wildman–Crippen MR) is 98.0 cm³/mol. The van der Waals surface area contributed by atoms with Crippen molar-refractivity contribution in [2.24, 2.45) is 0 Å². The molecule has 0 N–H and O–H groups in total. The van der Waals surface area contributed by atoms with Gasteiger partial charge < -0.3 is 23.5 Å². The number of hydrogen-bond donors (Lipinski definition) is 0. The van der Waals surface area contributed by atoms with Crippen LogP contribution in [0.1, 0.15) is 50.9 Å². The summed E-state index contributed by atoms with van der Waals surface area (Å²) in [4.78, 5) is 12.3. The summed E-state index contributed by atoms with van der Waals surface area (Å²) in [5.74, 6) is 0.110. The van der Waals surface area contributed by atoms with E-state index in [0.29, 0.717) is 23.4 Å². The predicted octanol–water partition coefficient (Wildman–Crippen LogP) is 2.33. The van der Waals surface area contributed by atoms with Crippen molar-refractivity contribution in [1.82, 2.24) is 0 Å². The van der Waals surface area contributed by atoms with Crippen molar-refractivity contribution in [1.29, 1.82) is 0 Å². The highest BCUT2D eigenvalue weighted by atomic mass is 16.7. The van der Waals surface area contributed by atoms with E-state index in [9.17, 15) is 4.79 Å². The summed E-state index contributed by atoms with van der Waals surface area (Å²) < 4.78 is 28.9. The van der Waals surface area contributed by atoms with E-state index >= 15 is 0 Å². The molecule has 0 aromatic heterocycles. The highest BCUT2D eigenvalue weighted by Crippen LogP contribution is 2.37. The second kappa shape index (κ2) is 7.21. The molecule has 2 aliphatic rings. The van der Waals surface area contributed by atoms with Gasteiger partial charge in [-0.3, -0.25) is 0 Å². The summed E-state index contributed by atoms with van der Waals surface area (Å²) in [7, 11) is 0.644. The third-order valence-corrected chi connectivity index (χ3v) is 5.41. The molecule has 0 saturated carbocycles. The molecule has 0 unspecified atom stereocenters. The summed E-state index contributed by atoms with van der Waals surface area (Å²) in [5.41, 5.74) is -0.0914. The van der Waals surface area contributed by atoms with Crippen LogP contribution in [0.3, 0.4) is 0 Å². The molecule has 6 nitrogen and oxygen atoms in total. The van der Waals surface area contributed by atoms with Crippen LogP contribution in [0.2, 0.25) is 0 Å². The van der Waals surface area contributed by atoms with Crippen molar-refractivity contribution >= 4 is 18.6 Å². The third kappa shape index (κ3) is 3.61. The van der Waals surface area contributed by atoms with Crippen LogP contribution in [0, 0.1) is 0 Å². The van der Waals surface area contributed by atoms with Crippen LogP contribution in [0.4, 0.5) is 0 Å². The molecule has 142 valence electrons. The molecule has 26 heavy (non-hydrogen) atoms. The summed E-state index contributed by atoms with van der Waals surface area (Å²) in [6, 6.07) is 5.29. The van der Waals surface area contributed by atoms with Crippen LogP contribution in [0.5, 0.6) is 5.75 Å². The Morgan fingerprint density at radius 1 is 1.23 bits per heavy atom. The van der Waals surface area contributed by atoms with Crippen LogP contribution >= 0.6 is 0 Å². The molecule has 0 amide bonds. The SMILES string of the molecule is COC(=O)c1cccc(OC[C@H]2CCCO2)c1B1OC(C)(C)C(C)(C)O1. The van der Waals surface area contributed by atoms with Gasteiger partial charge in [0.25, 0.3) is 0 Å². The van der Waals surface area contributed by atoms with Gasteiger partial charge in [-0.2, -0.15) is 0 Å². The van der Waals surface area contributed by atoms with Gasteiger partial charge in [0.1, 0.15) is 12.4 Å². The molecular weight excluding hydrogens is 335 g/mol. The van der Waals surface area contributed by atoms with Crippen LogP contribution in [0.15, 0.2) is 18.2 Å². The Bertz CT molecular complexity index is 650. The van der Waals surface area contributed by atoms with Crippen molar-refractivity contribution in [2.45, 2.75) is 57.8 Å². The number of carbonyl (C=O) groups excluding carboxylic acids is 1. The molecule has 0 bridgehead atoms. The van der Waals surface area contributed by atoms with Gasteiger partial charge in [0.2, 0.25) is 0 Å². The van der Waals surface area contributed by atoms with Gasteiger partial charge in [-0.15, -0.1) is 0 Å². The molecular formula is C19H27BO6. The van der Waals surface area contributed by atoms with Crippen molar-refractivity contribution in [2.75, 3.05) is 20.3 Å². The van der Waals surface area contributed by atoms with Crippen LogP contribution in [-0.2, 0) is 18.8 Å². The highest BCUT2D eigenvalue weighted by molar-refractivity contribution is 6.64. The minimum absolute atomic E-state index is 0.0722. The maximum atomic E-state index is 12.3. The first-order valence-corrected chi connectivity index (χ1v) is 9.06. The Hall–Kier alpha value is -1.57. The normalized spacial score (nSPS) is 23.9. The number of hydrogen-bond acceptors (Lipinski definition) is 6. The zero-order chi connectivity index (χ0) is 18.9. The fraction of sp³-hybridized carbons (Fsp3) is 0.632. The minimum Gasteiger partial charge on any atom is -0.491 e. The van der Waals surface area contributed by atoms with Crippen molar-refractivity contribution in [3.8, 4) is 5.75 Å². The van der Waals surface area contributed by atoms with Gasteiger partial charge in [-0.25, -0.2) is 4.79 Å². The van der Waals surface area contributed by atoms with Crippen molar-refractivity contribution < 1.29 is 28.3 Å². The van der Waals surface area contributed by atoms with Crippen LogP contribution in [-0.4, -0.2) is 50.7 Å². The molecule has 1 aromatic rings. The van der Waals surface area contributed by atoms with E-state index in [-0.39, 0.29) is 6.10 Å². The monoisotopic (exact) mass is 362 g/mol. The van der Waals surface area contributed by atoms with Crippen LogP contribution < -0.4 is 10.2 Å². The lowest BCUT2D eigenvalue weighted by molar-refractivity contribution is 0.00578. The maximum absolute atomic E-state index is 12.3. The Balaban J connectivity index is 1.93. The van der Waals surface area contributed by atoms with E-state index in [1.165, 1.54) is 7.11 Å². The molecule has 3 rings (SSSR count). The lowest BCUT2D eigenvalue weighted by atomic mass is 9.75. The summed E-state index contributed by atoms with van der Waals surface area (Å²) in [6.07, 6.45) is 2.09. The zero-order valence-corrected chi connectivity index (χ0v) is 16.2. The van der Waals surface area contributed by atoms with Gasteiger partial charge in [-0.1, -0.05) is 6.07 Å². The quantitative estimate of drug-likeness (QED) is 0.592. The maximum Gasteiger partial charge on any atom is 0.499 e. The van der Waals surface area contributed by atoms with E-state index in [2.05, 4.69) is 0 Å². The van der Waals surface area contributed by atoms with E-state index in [0.717, 1.165) is 19.4 Å². The first-order chi connectivity index (χ1) is 12.2.